The van der Waals surface area contributed by atoms with E-state index in [9.17, 15) is 14.3 Å². The van der Waals surface area contributed by atoms with E-state index in [1.807, 2.05) is 31.5 Å². The molecule has 3 aromatic rings. The molecule has 1 amide bonds. The normalized spacial score (nSPS) is 16.1. The lowest BCUT2D eigenvalue weighted by Gasteiger charge is -2.13. The van der Waals surface area contributed by atoms with Crippen LogP contribution in [-0.4, -0.2) is 34.9 Å². The molecule has 7 heteroatoms. The number of aliphatic hydroxyl groups is 1. The van der Waals surface area contributed by atoms with Crippen LogP contribution in [0.25, 0.3) is 10.9 Å². The van der Waals surface area contributed by atoms with Gasteiger partial charge in [0.15, 0.2) is 0 Å². The van der Waals surface area contributed by atoms with Gasteiger partial charge in [0.1, 0.15) is 18.2 Å². The molecule has 0 aliphatic carbocycles. The fourth-order valence-corrected chi connectivity index (χ4v) is 4.26. The van der Waals surface area contributed by atoms with E-state index in [1.165, 1.54) is 12.1 Å². The number of carbonyl (C=O) groups excluding carboxylic acids is 1. The maximum absolute atomic E-state index is 14.6. The number of benzene rings is 2. The lowest BCUT2D eigenvalue weighted by Crippen LogP contribution is -2.17. The van der Waals surface area contributed by atoms with Gasteiger partial charge in [-0.25, -0.2) is 4.39 Å². The summed E-state index contributed by atoms with van der Waals surface area (Å²) in [5.74, 6) is -0.796. The largest absolute Gasteiger partial charge is 0.491 e. The second-order valence-corrected chi connectivity index (χ2v) is 7.96. The fourth-order valence-electron chi connectivity index (χ4n) is 4.26. The molecule has 2 aromatic carbocycles. The van der Waals surface area contributed by atoms with Gasteiger partial charge in [-0.05, 0) is 56.0 Å². The molecule has 4 rings (SSSR count). The van der Waals surface area contributed by atoms with Crippen molar-refractivity contribution in [1.82, 2.24) is 4.57 Å². The van der Waals surface area contributed by atoms with Crippen molar-refractivity contribution in [3.05, 3.63) is 58.5 Å². The highest BCUT2D eigenvalue weighted by atomic mass is 19.1. The molecular formula is C24H27FN2O4. The molecule has 1 fully saturated rings. The quantitative estimate of drug-likeness (QED) is 0.619. The van der Waals surface area contributed by atoms with Crippen LogP contribution >= 0.6 is 0 Å². The summed E-state index contributed by atoms with van der Waals surface area (Å²) in [6.45, 7) is 4.90. The third-order valence-corrected chi connectivity index (χ3v) is 6.05. The molecule has 1 atom stereocenters. The van der Waals surface area contributed by atoms with Crippen LogP contribution in [-0.2, 0) is 18.4 Å². The Hall–Kier alpha value is -2.90. The van der Waals surface area contributed by atoms with Gasteiger partial charge in [-0.1, -0.05) is 6.07 Å². The van der Waals surface area contributed by atoms with E-state index >= 15 is 0 Å². The van der Waals surface area contributed by atoms with Crippen molar-refractivity contribution in [2.45, 2.75) is 39.4 Å². The van der Waals surface area contributed by atoms with Gasteiger partial charge in [0, 0.05) is 36.5 Å². The zero-order chi connectivity index (χ0) is 22.1. The summed E-state index contributed by atoms with van der Waals surface area (Å²) in [5, 5.41) is 13.5. The van der Waals surface area contributed by atoms with Gasteiger partial charge in [0.05, 0.1) is 23.8 Å². The van der Waals surface area contributed by atoms with Gasteiger partial charge in [-0.15, -0.1) is 0 Å². The van der Waals surface area contributed by atoms with E-state index in [2.05, 4.69) is 5.32 Å². The molecule has 2 heterocycles. The van der Waals surface area contributed by atoms with Crippen LogP contribution < -0.4 is 10.1 Å². The van der Waals surface area contributed by atoms with Crippen LogP contribution in [0.4, 0.5) is 10.1 Å². The Morgan fingerprint density at radius 2 is 2.10 bits per heavy atom. The smallest absolute Gasteiger partial charge is 0.258 e. The summed E-state index contributed by atoms with van der Waals surface area (Å²) in [6.07, 6.45) is 1.99. The number of aryl methyl sites for hydroxylation is 3. The number of fused-ring (bicyclic) bond motifs is 1. The first kappa shape index (κ1) is 21.3. The van der Waals surface area contributed by atoms with Gasteiger partial charge < -0.3 is 24.5 Å². The zero-order valence-electron chi connectivity index (χ0n) is 18.0. The number of hydrogen-bond acceptors (Lipinski definition) is 4. The first-order valence-corrected chi connectivity index (χ1v) is 10.4. The molecule has 0 unspecified atom stereocenters. The van der Waals surface area contributed by atoms with E-state index in [-0.39, 0.29) is 18.3 Å². The Morgan fingerprint density at radius 1 is 1.29 bits per heavy atom. The van der Waals surface area contributed by atoms with Crippen molar-refractivity contribution in [3.63, 3.8) is 0 Å². The van der Waals surface area contributed by atoms with Gasteiger partial charge >= 0.3 is 0 Å². The van der Waals surface area contributed by atoms with Crippen LogP contribution in [0.5, 0.6) is 5.75 Å². The number of rotatable bonds is 6. The number of nitrogens with one attached hydrogen (secondary N) is 1. The van der Waals surface area contributed by atoms with Crippen LogP contribution in [0, 0.1) is 19.7 Å². The second-order valence-electron chi connectivity index (χ2n) is 7.96. The minimum atomic E-state index is -0.640. The molecule has 6 nitrogen and oxygen atoms in total. The molecule has 31 heavy (non-hydrogen) atoms. The van der Waals surface area contributed by atoms with Crippen molar-refractivity contribution in [1.29, 1.82) is 0 Å². The zero-order valence-corrected chi connectivity index (χ0v) is 18.0. The van der Waals surface area contributed by atoms with Gasteiger partial charge in [-0.3, -0.25) is 4.79 Å². The standard InChI is InChI=1S/C24H27FN2O4/c1-14-18-8-9-21(15(2)23(18)27(3)22(14)12-28)26-24(29)19-7-6-16(11-20(19)25)31-13-17-5-4-10-30-17/h6-9,11,17,28H,4-5,10,12-13H2,1-3H3,(H,26,29)/t17-/m0/s1. The summed E-state index contributed by atoms with van der Waals surface area (Å²) in [5.41, 5.74) is 4.16. The highest BCUT2D eigenvalue weighted by Gasteiger charge is 2.19. The van der Waals surface area contributed by atoms with Crippen molar-refractivity contribution in [2.75, 3.05) is 18.5 Å². The van der Waals surface area contributed by atoms with E-state index in [0.717, 1.165) is 47.2 Å². The number of hydrogen-bond donors (Lipinski definition) is 2. The maximum atomic E-state index is 14.6. The van der Waals surface area contributed by atoms with Gasteiger partial charge in [-0.2, -0.15) is 0 Å². The molecule has 164 valence electrons. The Morgan fingerprint density at radius 3 is 2.77 bits per heavy atom. The van der Waals surface area contributed by atoms with Gasteiger partial charge in [0.2, 0.25) is 0 Å². The molecule has 1 aliphatic rings. The molecular weight excluding hydrogens is 399 g/mol. The molecule has 1 aliphatic heterocycles. The third kappa shape index (κ3) is 4.03. The molecule has 0 bridgehead atoms. The summed E-state index contributed by atoms with van der Waals surface area (Å²) < 4.78 is 27.7. The van der Waals surface area contributed by atoms with Crippen LogP contribution in [0.15, 0.2) is 30.3 Å². The Balaban J connectivity index is 1.53. The van der Waals surface area contributed by atoms with Crippen molar-refractivity contribution in [2.24, 2.45) is 7.05 Å². The number of amides is 1. The number of anilines is 1. The molecule has 0 spiro atoms. The monoisotopic (exact) mass is 426 g/mol. The highest BCUT2D eigenvalue weighted by molar-refractivity contribution is 6.06. The highest BCUT2D eigenvalue weighted by Crippen LogP contribution is 2.32. The SMILES string of the molecule is Cc1c(CO)n(C)c2c(C)c(NC(=O)c3ccc(OC[C@@H]4CCCO4)cc3F)ccc12. The fraction of sp³-hybridized carbons (Fsp3) is 0.375. The van der Waals surface area contributed by atoms with Crippen molar-refractivity contribution < 1.29 is 23.8 Å². The molecule has 2 N–H and O–H groups in total. The first-order chi connectivity index (χ1) is 14.9. The van der Waals surface area contributed by atoms with E-state index in [4.69, 9.17) is 9.47 Å². The predicted octanol–water partition coefficient (Wildman–Crippen LogP) is 4.24. The topological polar surface area (TPSA) is 72.7 Å². The molecule has 0 radical (unpaired) electrons. The van der Waals surface area contributed by atoms with Crippen molar-refractivity contribution in [3.8, 4) is 5.75 Å². The lowest BCUT2D eigenvalue weighted by atomic mass is 10.1. The first-order valence-electron chi connectivity index (χ1n) is 10.4. The summed E-state index contributed by atoms with van der Waals surface area (Å²) in [7, 11) is 1.88. The summed E-state index contributed by atoms with van der Waals surface area (Å²) >= 11 is 0. The predicted molar refractivity (Wildman–Crippen MR) is 117 cm³/mol. The van der Waals surface area contributed by atoms with Gasteiger partial charge in [0.25, 0.3) is 5.91 Å². The average Bonchev–Trinajstić information content (AvgIpc) is 3.35. The molecule has 1 aromatic heterocycles. The second kappa shape index (κ2) is 8.69. The number of aliphatic hydroxyl groups excluding tert-OH is 1. The van der Waals surface area contributed by atoms with E-state index in [0.29, 0.717) is 18.0 Å². The van der Waals surface area contributed by atoms with E-state index < -0.39 is 11.7 Å². The summed E-state index contributed by atoms with van der Waals surface area (Å²) in [6, 6.07) is 7.97. The van der Waals surface area contributed by atoms with Crippen molar-refractivity contribution >= 4 is 22.5 Å². The Bertz CT molecular complexity index is 1130. The third-order valence-electron chi connectivity index (χ3n) is 6.05. The number of ether oxygens (including phenoxy) is 2. The number of carbonyl (C=O) groups is 1. The molecule has 0 saturated carbocycles. The minimum absolute atomic E-state index is 0.0384. The minimum Gasteiger partial charge on any atom is -0.491 e. The maximum Gasteiger partial charge on any atom is 0.258 e. The number of nitrogens with zero attached hydrogens (tertiary/aromatic N) is 1. The number of halogens is 1. The van der Waals surface area contributed by atoms with Crippen LogP contribution in [0.2, 0.25) is 0 Å². The van der Waals surface area contributed by atoms with Crippen LogP contribution in [0.1, 0.15) is 40.0 Å². The van der Waals surface area contributed by atoms with Crippen LogP contribution in [0.3, 0.4) is 0 Å². The Kier molecular flexibility index (Phi) is 5.98. The summed E-state index contributed by atoms with van der Waals surface area (Å²) in [4.78, 5) is 12.8. The van der Waals surface area contributed by atoms with E-state index in [1.54, 1.807) is 12.1 Å². The lowest BCUT2D eigenvalue weighted by molar-refractivity contribution is 0.0678. The molecule has 1 saturated heterocycles. The Labute approximate surface area is 180 Å². The number of aromatic nitrogens is 1. The average molecular weight is 426 g/mol.